The molecule has 4 N–H and O–H groups in total. The second-order valence-electron chi connectivity index (χ2n) is 3.10. The van der Waals surface area contributed by atoms with Crippen LogP contribution in [0.5, 0.6) is 0 Å². The molecule has 0 aromatic rings. The highest BCUT2D eigenvalue weighted by Crippen LogP contribution is 1.80. The van der Waals surface area contributed by atoms with Crippen LogP contribution in [0.4, 0.5) is 0 Å². The van der Waals surface area contributed by atoms with Crippen molar-refractivity contribution in [2.45, 2.75) is 13.3 Å². The number of hydrogen-bond acceptors (Lipinski definition) is 4. The molecule has 16 heavy (non-hydrogen) atoms. The van der Waals surface area contributed by atoms with Crippen LogP contribution in [0, 0.1) is 0 Å². The Hall–Kier alpha value is -0.440. The summed E-state index contributed by atoms with van der Waals surface area (Å²) in [6, 6.07) is 0. The molecule has 0 aliphatic carbocycles. The quantitative estimate of drug-likeness (QED) is 0.393. The molecule has 0 bridgehead atoms. The fraction of sp³-hybridized carbons (Fsp3) is 0.875. The monoisotopic (exact) mass is 269 g/mol. The van der Waals surface area contributed by atoms with Crippen molar-refractivity contribution in [3.63, 3.8) is 0 Å². The molecule has 0 amide bonds. The Bertz CT molecular complexity index is 293. The van der Waals surface area contributed by atoms with Crippen molar-refractivity contribution in [2.24, 2.45) is 5.14 Å². The van der Waals surface area contributed by atoms with Crippen LogP contribution in [-0.2, 0) is 14.8 Å². The predicted octanol–water partition coefficient (Wildman–Crippen LogP) is -0.834. The van der Waals surface area contributed by atoms with Gasteiger partial charge in [-0.05, 0) is 25.6 Å². The third-order valence-corrected chi connectivity index (χ3v) is 2.69. The van der Waals surface area contributed by atoms with Crippen LogP contribution >= 0.6 is 12.2 Å². The van der Waals surface area contributed by atoms with Crippen LogP contribution in [0.25, 0.3) is 0 Å². The third kappa shape index (κ3) is 11.6. The van der Waals surface area contributed by atoms with E-state index in [0.717, 1.165) is 6.42 Å². The fourth-order valence-corrected chi connectivity index (χ4v) is 1.48. The Morgan fingerprint density at radius 3 is 2.56 bits per heavy atom. The maximum Gasteiger partial charge on any atom is 0.210 e. The summed E-state index contributed by atoms with van der Waals surface area (Å²) in [5.41, 5.74) is 0. The topological polar surface area (TPSA) is 93.4 Å². The Kier molecular flexibility index (Phi) is 8.44. The van der Waals surface area contributed by atoms with Crippen LogP contribution < -0.4 is 15.8 Å². The molecule has 0 saturated carbocycles. The van der Waals surface area contributed by atoms with E-state index in [0.29, 0.717) is 24.9 Å². The lowest BCUT2D eigenvalue weighted by Crippen LogP contribution is -2.39. The summed E-state index contributed by atoms with van der Waals surface area (Å²) in [5.74, 6) is -0.131. The van der Waals surface area contributed by atoms with E-state index in [1.807, 2.05) is 6.92 Å². The molecule has 0 radical (unpaired) electrons. The van der Waals surface area contributed by atoms with Gasteiger partial charge in [-0.3, -0.25) is 0 Å². The summed E-state index contributed by atoms with van der Waals surface area (Å²) < 4.78 is 26.3. The summed E-state index contributed by atoms with van der Waals surface area (Å²) in [5, 5.41) is 10.9. The minimum absolute atomic E-state index is 0.131. The molecule has 0 aromatic carbocycles. The van der Waals surface area contributed by atoms with Gasteiger partial charge < -0.3 is 15.4 Å². The van der Waals surface area contributed by atoms with Gasteiger partial charge >= 0.3 is 0 Å². The SMILES string of the molecule is CCOCCCNC(=S)NCCS(N)(=O)=O. The van der Waals surface area contributed by atoms with Crippen molar-refractivity contribution in [1.29, 1.82) is 0 Å². The van der Waals surface area contributed by atoms with Gasteiger partial charge in [0.2, 0.25) is 10.0 Å². The normalized spacial score (nSPS) is 11.1. The number of hydrogen-bond donors (Lipinski definition) is 3. The average Bonchev–Trinajstić information content (AvgIpc) is 2.15. The number of sulfonamides is 1. The molecule has 0 fully saturated rings. The van der Waals surface area contributed by atoms with Gasteiger partial charge in [0.05, 0.1) is 5.75 Å². The molecule has 0 heterocycles. The van der Waals surface area contributed by atoms with E-state index in [2.05, 4.69) is 10.6 Å². The van der Waals surface area contributed by atoms with Crippen molar-refractivity contribution in [2.75, 3.05) is 32.1 Å². The number of thiocarbonyl (C=S) groups is 1. The van der Waals surface area contributed by atoms with Gasteiger partial charge in [0, 0.05) is 26.3 Å². The van der Waals surface area contributed by atoms with Gasteiger partial charge in [0.15, 0.2) is 5.11 Å². The zero-order valence-electron chi connectivity index (χ0n) is 9.36. The maximum atomic E-state index is 10.6. The van der Waals surface area contributed by atoms with Crippen LogP contribution in [-0.4, -0.2) is 45.6 Å². The fourth-order valence-electron chi connectivity index (χ4n) is 0.890. The molecule has 0 aliphatic rings. The zero-order chi connectivity index (χ0) is 12.4. The first kappa shape index (κ1) is 15.6. The van der Waals surface area contributed by atoms with Crippen LogP contribution in [0.15, 0.2) is 0 Å². The van der Waals surface area contributed by atoms with Gasteiger partial charge in [-0.2, -0.15) is 0 Å². The van der Waals surface area contributed by atoms with Gasteiger partial charge in [0.25, 0.3) is 0 Å². The van der Waals surface area contributed by atoms with E-state index < -0.39 is 10.0 Å². The van der Waals surface area contributed by atoms with Crippen molar-refractivity contribution < 1.29 is 13.2 Å². The van der Waals surface area contributed by atoms with Gasteiger partial charge in [-0.15, -0.1) is 0 Å². The third-order valence-electron chi connectivity index (χ3n) is 1.63. The number of nitrogens with one attached hydrogen (secondary N) is 2. The van der Waals surface area contributed by atoms with Crippen molar-refractivity contribution in [3.05, 3.63) is 0 Å². The average molecular weight is 269 g/mol. The summed E-state index contributed by atoms with van der Waals surface area (Å²) in [6.45, 7) is 4.24. The maximum absolute atomic E-state index is 10.6. The largest absolute Gasteiger partial charge is 0.382 e. The van der Waals surface area contributed by atoms with Crippen molar-refractivity contribution in [1.82, 2.24) is 10.6 Å². The van der Waals surface area contributed by atoms with E-state index in [9.17, 15) is 8.42 Å². The lowest BCUT2D eigenvalue weighted by atomic mass is 10.4. The minimum atomic E-state index is -3.42. The molecule has 0 unspecified atom stereocenters. The first-order valence-electron chi connectivity index (χ1n) is 5.05. The lowest BCUT2D eigenvalue weighted by molar-refractivity contribution is 0.146. The second kappa shape index (κ2) is 8.68. The molecular weight excluding hydrogens is 250 g/mol. The Balaban J connectivity index is 3.38. The van der Waals surface area contributed by atoms with E-state index in [-0.39, 0.29) is 12.3 Å². The summed E-state index contributed by atoms with van der Waals surface area (Å²) in [7, 11) is -3.42. The Morgan fingerprint density at radius 2 is 2.00 bits per heavy atom. The van der Waals surface area contributed by atoms with Gasteiger partial charge in [0.1, 0.15) is 0 Å². The van der Waals surface area contributed by atoms with Crippen LogP contribution in [0.3, 0.4) is 0 Å². The molecule has 0 spiro atoms. The van der Waals surface area contributed by atoms with E-state index in [1.165, 1.54) is 0 Å². The Labute approximate surface area is 102 Å². The standard InChI is InChI=1S/C8H19N3O3S2/c1-2-14-6-3-4-10-8(15)11-5-7-16(9,12)13/h2-7H2,1H3,(H2,9,12,13)(H2,10,11,15). The van der Waals surface area contributed by atoms with E-state index in [4.69, 9.17) is 22.1 Å². The van der Waals surface area contributed by atoms with Gasteiger partial charge in [-0.1, -0.05) is 0 Å². The summed E-state index contributed by atoms with van der Waals surface area (Å²) >= 11 is 4.92. The molecule has 0 rings (SSSR count). The van der Waals surface area contributed by atoms with Crippen LogP contribution in [0.1, 0.15) is 13.3 Å². The first-order valence-corrected chi connectivity index (χ1v) is 7.18. The Morgan fingerprint density at radius 1 is 1.38 bits per heavy atom. The number of nitrogens with two attached hydrogens (primary N) is 1. The van der Waals surface area contributed by atoms with E-state index >= 15 is 0 Å². The lowest BCUT2D eigenvalue weighted by Gasteiger charge is -2.09. The van der Waals surface area contributed by atoms with E-state index in [1.54, 1.807) is 0 Å². The minimum Gasteiger partial charge on any atom is -0.382 e. The van der Waals surface area contributed by atoms with Gasteiger partial charge in [-0.25, -0.2) is 13.6 Å². The molecule has 0 atom stereocenters. The smallest absolute Gasteiger partial charge is 0.210 e. The first-order chi connectivity index (χ1) is 7.45. The molecule has 0 aliphatic heterocycles. The van der Waals surface area contributed by atoms with Crippen molar-refractivity contribution in [3.8, 4) is 0 Å². The van der Waals surface area contributed by atoms with Crippen LogP contribution in [0.2, 0.25) is 0 Å². The predicted molar refractivity (Wildman–Crippen MR) is 67.7 cm³/mol. The second-order valence-corrected chi connectivity index (χ2v) is 5.24. The molecule has 0 aromatic heterocycles. The zero-order valence-corrected chi connectivity index (χ0v) is 11.0. The molecule has 96 valence electrons. The molecular formula is C8H19N3O3S2. The summed E-state index contributed by atoms with van der Waals surface area (Å²) in [4.78, 5) is 0. The molecule has 0 saturated heterocycles. The number of rotatable bonds is 8. The molecule has 8 heteroatoms. The highest BCUT2D eigenvalue weighted by Gasteiger charge is 2.02. The molecule has 6 nitrogen and oxygen atoms in total. The number of primary sulfonamides is 1. The number of ether oxygens (including phenoxy) is 1. The highest BCUT2D eigenvalue weighted by molar-refractivity contribution is 7.89. The van der Waals surface area contributed by atoms with Crippen molar-refractivity contribution >= 4 is 27.4 Å². The summed E-state index contributed by atoms with van der Waals surface area (Å²) in [6.07, 6.45) is 0.852. The highest BCUT2D eigenvalue weighted by atomic mass is 32.2.